The zero-order valence-electron chi connectivity index (χ0n) is 9.59. The first-order valence-corrected chi connectivity index (χ1v) is 5.99. The van der Waals surface area contributed by atoms with Gasteiger partial charge in [-0.15, -0.1) is 0 Å². The molecular weight excluding hydrogens is 310 g/mol. The minimum Gasteiger partial charge on any atom is -0.364 e. The van der Waals surface area contributed by atoms with Gasteiger partial charge in [-0.05, 0) is 18.2 Å². The number of carbonyl (C=O) groups excluding carboxylic acids is 1. The highest BCUT2D eigenvalue weighted by molar-refractivity contribution is 9.10. The van der Waals surface area contributed by atoms with Gasteiger partial charge in [0.1, 0.15) is 6.07 Å². The van der Waals surface area contributed by atoms with Gasteiger partial charge in [-0.3, -0.25) is 4.79 Å². The fourth-order valence-corrected chi connectivity index (χ4v) is 1.81. The Morgan fingerprint density at radius 2 is 2.26 bits per heavy atom. The molecule has 0 spiro atoms. The van der Waals surface area contributed by atoms with Crippen molar-refractivity contribution in [3.63, 3.8) is 0 Å². The zero-order valence-corrected chi connectivity index (χ0v) is 11.2. The lowest BCUT2D eigenvalue weighted by atomic mass is 10.3. The summed E-state index contributed by atoms with van der Waals surface area (Å²) in [7, 11) is 0. The Morgan fingerprint density at radius 1 is 1.47 bits per heavy atom. The molecule has 0 saturated carbocycles. The smallest absolute Gasteiger partial charge is 0.271 e. The van der Waals surface area contributed by atoms with Crippen LogP contribution in [0.5, 0.6) is 0 Å². The standard InChI is InChI=1S/C12H8BrN5O/c13-7-2-1-3-8(4-7)17-12-10(11(15)19)16-6-9(5-14)18-12/h1-4,6H,(H2,15,19)(H,17,18). The Bertz CT molecular complexity index is 680. The highest BCUT2D eigenvalue weighted by Gasteiger charge is 2.13. The van der Waals surface area contributed by atoms with E-state index in [0.29, 0.717) is 5.69 Å². The lowest BCUT2D eigenvalue weighted by Crippen LogP contribution is -2.16. The molecule has 1 amide bonds. The van der Waals surface area contributed by atoms with Crippen LogP contribution in [0.15, 0.2) is 34.9 Å². The predicted octanol–water partition coefficient (Wildman–Crippen LogP) is 1.95. The Morgan fingerprint density at radius 3 is 2.89 bits per heavy atom. The fraction of sp³-hybridized carbons (Fsp3) is 0. The van der Waals surface area contributed by atoms with Crippen LogP contribution in [-0.4, -0.2) is 15.9 Å². The summed E-state index contributed by atoms with van der Waals surface area (Å²) in [5.41, 5.74) is 6.00. The second kappa shape index (κ2) is 5.46. The van der Waals surface area contributed by atoms with Crippen molar-refractivity contribution >= 4 is 33.3 Å². The van der Waals surface area contributed by atoms with E-state index in [1.165, 1.54) is 6.20 Å². The van der Waals surface area contributed by atoms with Crippen molar-refractivity contribution < 1.29 is 4.79 Å². The molecule has 2 rings (SSSR count). The summed E-state index contributed by atoms with van der Waals surface area (Å²) in [5, 5.41) is 11.7. The number of nitriles is 1. The number of amides is 1. The van der Waals surface area contributed by atoms with Crippen molar-refractivity contribution in [2.45, 2.75) is 0 Å². The number of halogens is 1. The number of nitrogens with zero attached hydrogens (tertiary/aromatic N) is 3. The molecule has 19 heavy (non-hydrogen) atoms. The quantitative estimate of drug-likeness (QED) is 0.900. The maximum atomic E-state index is 11.3. The van der Waals surface area contributed by atoms with Crippen LogP contribution in [0, 0.1) is 11.3 Å². The molecule has 0 fully saturated rings. The van der Waals surface area contributed by atoms with Crippen LogP contribution in [0.4, 0.5) is 11.5 Å². The summed E-state index contributed by atoms with van der Waals surface area (Å²) in [6.45, 7) is 0. The van der Waals surface area contributed by atoms with E-state index >= 15 is 0 Å². The number of rotatable bonds is 3. The number of aromatic nitrogens is 2. The molecule has 6 nitrogen and oxygen atoms in total. The third kappa shape index (κ3) is 3.05. The van der Waals surface area contributed by atoms with E-state index in [1.54, 1.807) is 12.1 Å². The Kier molecular flexibility index (Phi) is 3.73. The van der Waals surface area contributed by atoms with Gasteiger partial charge in [-0.25, -0.2) is 9.97 Å². The van der Waals surface area contributed by atoms with Gasteiger partial charge in [-0.2, -0.15) is 5.26 Å². The molecule has 0 aliphatic carbocycles. The molecule has 1 aromatic carbocycles. The summed E-state index contributed by atoms with van der Waals surface area (Å²) >= 11 is 3.33. The van der Waals surface area contributed by atoms with Crippen LogP contribution >= 0.6 is 15.9 Å². The number of hydrogen-bond acceptors (Lipinski definition) is 5. The van der Waals surface area contributed by atoms with Crippen LogP contribution in [-0.2, 0) is 0 Å². The fourth-order valence-electron chi connectivity index (χ4n) is 1.41. The van der Waals surface area contributed by atoms with Crippen molar-refractivity contribution in [3.05, 3.63) is 46.3 Å². The van der Waals surface area contributed by atoms with Crippen LogP contribution in [0.2, 0.25) is 0 Å². The predicted molar refractivity (Wildman–Crippen MR) is 72.7 cm³/mol. The normalized spacial score (nSPS) is 9.68. The van der Waals surface area contributed by atoms with Crippen molar-refractivity contribution in [3.8, 4) is 6.07 Å². The van der Waals surface area contributed by atoms with Gasteiger partial charge in [0.25, 0.3) is 5.91 Å². The molecule has 1 aromatic heterocycles. The maximum absolute atomic E-state index is 11.3. The SMILES string of the molecule is N#Cc1cnc(C(N)=O)c(Nc2cccc(Br)c2)n1. The highest BCUT2D eigenvalue weighted by Crippen LogP contribution is 2.21. The molecule has 2 aromatic rings. The first-order valence-electron chi connectivity index (χ1n) is 5.19. The van der Waals surface area contributed by atoms with Gasteiger partial charge in [0.15, 0.2) is 17.2 Å². The minimum atomic E-state index is -0.713. The molecule has 1 heterocycles. The second-order valence-corrected chi connectivity index (χ2v) is 4.48. The summed E-state index contributed by atoms with van der Waals surface area (Å²) in [5.74, 6) is -0.556. The second-order valence-electron chi connectivity index (χ2n) is 3.56. The van der Waals surface area contributed by atoms with E-state index < -0.39 is 5.91 Å². The average molecular weight is 318 g/mol. The highest BCUT2D eigenvalue weighted by atomic mass is 79.9. The molecule has 94 valence electrons. The number of nitrogens with two attached hydrogens (primary N) is 1. The van der Waals surface area contributed by atoms with Crippen LogP contribution in [0.3, 0.4) is 0 Å². The van der Waals surface area contributed by atoms with Gasteiger partial charge in [0.05, 0.1) is 6.20 Å². The van der Waals surface area contributed by atoms with Gasteiger partial charge >= 0.3 is 0 Å². The largest absolute Gasteiger partial charge is 0.364 e. The molecule has 0 radical (unpaired) electrons. The number of benzene rings is 1. The van der Waals surface area contributed by atoms with Crippen molar-refractivity contribution in [1.82, 2.24) is 9.97 Å². The summed E-state index contributed by atoms with van der Waals surface area (Å²) in [4.78, 5) is 19.1. The molecule has 0 bridgehead atoms. The zero-order chi connectivity index (χ0) is 13.8. The van der Waals surface area contributed by atoms with E-state index in [9.17, 15) is 4.79 Å². The van der Waals surface area contributed by atoms with Gasteiger partial charge in [-0.1, -0.05) is 22.0 Å². The third-order valence-electron chi connectivity index (χ3n) is 2.21. The molecule has 7 heteroatoms. The number of hydrogen-bond donors (Lipinski definition) is 2. The number of anilines is 2. The van der Waals surface area contributed by atoms with E-state index in [2.05, 4.69) is 31.2 Å². The first-order chi connectivity index (χ1) is 9.10. The lowest BCUT2D eigenvalue weighted by molar-refractivity contribution is 0.0996. The van der Waals surface area contributed by atoms with Crippen molar-refractivity contribution in [2.75, 3.05) is 5.32 Å². The minimum absolute atomic E-state index is 0.0148. The molecule has 0 unspecified atom stereocenters. The van der Waals surface area contributed by atoms with Crippen LogP contribution < -0.4 is 11.1 Å². The van der Waals surface area contributed by atoms with Gasteiger partial charge in [0.2, 0.25) is 0 Å². The van der Waals surface area contributed by atoms with Crippen LogP contribution in [0.1, 0.15) is 16.2 Å². The summed E-state index contributed by atoms with van der Waals surface area (Å²) in [6, 6.07) is 9.12. The maximum Gasteiger partial charge on any atom is 0.271 e. The average Bonchev–Trinajstić information content (AvgIpc) is 2.38. The monoisotopic (exact) mass is 317 g/mol. The van der Waals surface area contributed by atoms with E-state index in [0.717, 1.165) is 4.47 Å². The Hall–Kier alpha value is -2.46. The van der Waals surface area contributed by atoms with E-state index in [-0.39, 0.29) is 17.2 Å². The van der Waals surface area contributed by atoms with E-state index in [1.807, 2.05) is 18.2 Å². The molecule has 0 atom stereocenters. The number of primary amides is 1. The van der Waals surface area contributed by atoms with Gasteiger partial charge < -0.3 is 11.1 Å². The summed E-state index contributed by atoms with van der Waals surface area (Å²) in [6.07, 6.45) is 1.20. The Balaban J connectivity index is 2.43. The molecule has 3 N–H and O–H groups in total. The Labute approximate surface area is 117 Å². The molecular formula is C12H8BrN5O. The molecule has 0 saturated heterocycles. The molecule has 0 aliphatic rings. The van der Waals surface area contributed by atoms with Gasteiger partial charge in [0, 0.05) is 10.2 Å². The van der Waals surface area contributed by atoms with E-state index in [4.69, 9.17) is 11.0 Å². The van der Waals surface area contributed by atoms with Crippen LogP contribution in [0.25, 0.3) is 0 Å². The summed E-state index contributed by atoms with van der Waals surface area (Å²) < 4.78 is 0.863. The number of nitrogens with one attached hydrogen (secondary N) is 1. The molecule has 0 aliphatic heterocycles. The van der Waals surface area contributed by atoms with Crippen molar-refractivity contribution in [1.29, 1.82) is 5.26 Å². The topological polar surface area (TPSA) is 105 Å². The third-order valence-corrected chi connectivity index (χ3v) is 2.70. The first kappa shape index (κ1) is 13.0. The number of carbonyl (C=O) groups is 1. The lowest BCUT2D eigenvalue weighted by Gasteiger charge is -2.08. The van der Waals surface area contributed by atoms with Crippen molar-refractivity contribution in [2.24, 2.45) is 5.73 Å².